The van der Waals surface area contributed by atoms with Gasteiger partial charge in [0.05, 0.1) is 17.4 Å². The molecule has 1 aromatic carbocycles. The Morgan fingerprint density at radius 2 is 1.78 bits per heavy atom. The molecule has 0 spiro atoms. The molecule has 0 unspecified atom stereocenters. The van der Waals surface area contributed by atoms with Crippen LogP contribution in [0.2, 0.25) is 0 Å². The molecule has 4 amide bonds. The predicted octanol–water partition coefficient (Wildman–Crippen LogP) is 2.39. The maximum absolute atomic E-state index is 13.5. The Bertz CT molecular complexity index is 1160. The fourth-order valence-corrected chi connectivity index (χ4v) is 5.28. The van der Waals surface area contributed by atoms with E-state index in [1.165, 1.54) is 0 Å². The fourth-order valence-electron chi connectivity index (χ4n) is 5.28. The van der Waals surface area contributed by atoms with Crippen LogP contribution < -0.4 is 21.7 Å². The Labute approximate surface area is 217 Å². The number of pyridine rings is 1. The number of carbonyl (C=O) groups excluding carboxylic acids is 4. The van der Waals surface area contributed by atoms with Crippen molar-refractivity contribution in [1.29, 1.82) is 0 Å². The van der Waals surface area contributed by atoms with Crippen molar-refractivity contribution in [3.63, 3.8) is 0 Å². The molecular formula is C28H35N5O4. The Morgan fingerprint density at radius 1 is 1.00 bits per heavy atom. The van der Waals surface area contributed by atoms with E-state index in [9.17, 15) is 19.2 Å². The summed E-state index contributed by atoms with van der Waals surface area (Å²) in [6.07, 6.45) is 8.49. The Morgan fingerprint density at radius 3 is 2.51 bits per heavy atom. The maximum atomic E-state index is 13.5. The number of aryl methyl sites for hydroxylation is 2. The van der Waals surface area contributed by atoms with Gasteiger partial charge in [0.15, 0.2) is 0 Å². The first-order valence-corrected chi connectivity index (χ1v) is 13.1. The van der Waals surface area contributed by atoms with Gasteiger partial charge in [0.25, 0.3) is 0 Å². The van der Waals surface area contributed by atoms with E-state index >= 15 is 0 Å². The van der Waals surface area contributed by atoms with Crippen LogP contribution in [0.1, 0.15) is 79.8 Å². The number of nitrogens with two attached hydrogens (primary N) is 2. The van der Waals surface area contributed by atoms with Crippen molar-refractivity contribution in [2.45, 2.75) is 82.7 Å². The second-order valence-corrected chi connectivity index (χ2v) is 9.95. The largest absolute Gasteiger partial charge is 0.370 e. The third-order valence-electron chi connectivity index (χ3n) is 7.17. The lowest BCUT2D eigenvalue weighted by Crippen LogP contribution is -2.49. The van der Waals surface area contributed by atoms with E-state index in [0.717, 1.165) is 60.9 Å². The summed E-state index contributed by atoms with van der Waals surface area (Å²) in [4.78, 5) is 55.2. The molecule has 2 aromatic rings. The molecule has 4 rings (SSSR count). The van der Waals surface area contributed by atoms with Crippen molar-refractivity contribution in [2.75, 3.05) is 4.90 Å². The van der Waals surface area contributed by atoms with E-state index in [4.69, 9.17) is 11.5 Å². The van der Waals surface area contributed by atoms with Gasteiger partial charge in [0.1, 0.15) is 6.04 Å². The summed E-state index contributed by atoms with van der Waals surface area (Å²) in [5.41, 5.74) is 15.3. The van der Waals surface area contributed by atoms with Gasteiger partial charge in [-0.1, -0.05) is 30.7 Å². The monoisotopic (exact) mass is 505 g/mol. The third kappa shape index (κ3) is 6.53. The highest BCUT2D eigenvalue weighted by molar-refractivity contribution is 6.04. The predicted molar refractivity (Wildman–Crippen MR) is 139 cm³/mol. The van der Waals surface area contributed by atoms with Gasteiger partial charge in [-0.15, -0.1) is 0 Å². The van der Waals surface area contributed by atoms with Crippen molar-refractivity contribution in [3.8, 4) is 0 Å². The van der Waals surface area contributed by atoms with Gasteiger partial charge >= 0.3 is 0 Å². The molecule has 2 aliphatic heterocycles. The number of para-hydroxylation sites is 1. The molecule has 9 nitrogen and oxygen atoms in total. The molecular weight excluding hydrogens is 470 g/mol. The van der Waals surface area contributed by atoms with Crippen molar-refractivity contribution in [1.82, 2.24) is 10.3 Å². The van der Waals surface area contributed by atoms with Crippen LogP contribution in [-0.4, -0.2) is 34.7 Å². The normalized spacial score (nSPS) is 17.1. The minimum Gasteiger partial charge on any atom is -0.370 e. The molecule has 2 atom stereocenters. The minimum absolute atomic E-state index is 0.0316. The van der Waals surface area contributed by atoms with Crippen LogP contribution >= 0.6 is 0 Å². The van der Waals surface area contributed by atoms with Gasteiger partial charge in [-0.25, -0.2) is 0 Å². The highest BCUT2D eigenvalue weighted by Gasteiger charge is 2.41. The number of nitrogens with one attached hydrogen (secondary N) is 1. The van der Waals surface area contributed by atoms with Crippen LogP contribution in [0.5, 0.6) is 0 Å². The van der Waals surface area contributed by atoms with Gasteiger partial charge in [-0.2, -0.15) is 0 Å². The smallest absolute Gasteiger partial charge is 0.244 e. The number of carbonyl (C=O) groups is 4. The van der Waals surface area contributed by atoms with Gasteiger partial charge in [-0.3, -0.25) is 29.1 Å². The summed E-state index contributed by atoms with van der Waals surface area (Å²) < 4.78 is 0. The molecule has 0 saturated heterocycles. The maximum Gasteiger partial charge on any atom is 0.244 e. The van der Waals surface area contributed by atoms with E-state index in [1.54, 1.807) is 11.1 Å². The molecule has 0 bridgehead atoms. The van der Waals surface area contributed by atoms with Gasteiger partial charge in [0, 0.05) is 31.9 Å². The van der Waals surface area contributed by atoms with Crippen LogP contribution in [0.3, 0.4) is 0 Å². The van der Waals surface area contributed by atoms with Gasteiger partial charge in [-0.05, 0) is 61.3 Å². The van der Waals surface area contributed by atoms with Crippen LogP contribution in [0.15, 0.2) is 36.5 Å². The summed E-state index contributed by atoms with van der Waals surface area (Å²) in [7, 11) is 0. The lowest BCUT2D eigenvalue weighted by Gasteiger charge is -2.27. The van der Waals surface area contributed by atoms with Crippen LogP contribution in [0.4, 0.5) is 5.69 Å². The highest BCUT2D eigenvalue weighted by Crippen LogP contribution is 2.39. The van der Waals surface area contributed by atoms with Crippen molar-refractivity contribution < 1.29 is 19.2 Å². The van der Waals surface area contributed by atoms with Crippen molar-refractivity contribution in [3.05, 3.63) is 58.9 Å². The van der Waals surface area contributed by atoms with E-state index in [1.807, 2.05) is 30.3 Å². The zero-order valence-electron chi connectivity index (χ0n) is 21.1. The second kappa shape index (κ2) is 12.0. The number of rotatable bonds is 12. The highest BCUT2D eigenvalue weighted by atomic mass is 16.2. The molecule has 3 heterocycles. The quantitative estimate of drug-likeness (QED) is 0.379. The number of hydrogen-bond donors (Lipinski definition) is 3. The number of primary amides is 2. The number of hydrogen-bond acceptors (Lipinski definition) is 5. The summed E-state index contributed by atoms with van der Waals surface area (Å²) in [6, 6.07) is 8.70. The van der Waals surface area contributed by atoms with Crippen LogP contribution in [0.25, 0.3) is 0 Å². The standard InChI is InChI=1S/C28H35N5O4/c29-24(34)10-3-1-2-6-18-12-13-21(31-17-18)22(14-15-25(30)35)32-28(37)23-16-20-9-4-7-19-8-5-11-26(36)33(23)27(19)20/h4,7,9,12-13,17,22-23H,1-3,5-6,8,10-11,14-16H2,(H2,29,34)(H2,30,35)(H,32,37)/t22-,23+/m1/s1. The lowest BCUT2D eigenvalue weighted by atomic mass is 10.0. The Kier molecular flexibility index (Phi) is 8.53. The first-order chi connectivity index (χ1) is 17.8. The molecule has 37 heavy (non-hydrogen) atoms. The van der Waals surface area contributed by atoms with Gasteiger partial charge in [0.2, 0.25) is 23.6 Å². The van der Waals surface area contributed by atoms with Crippen molar-refractivity contribution in [2.24, 2.45) is 11.5 Å². The van der Waals surface area contributed by atoms with Crippen molar-refractivity contribution >= 4 is 29.3 Å². The van der Waals surface area contributed by atoms with Crippen LogP contribution in [0, 0.1) is 0 Å². The number of unbranched alkanes of at least 4 members (excludes halogenated alkanes) is 2. The second-order valence-electron chi connectivity index (χ2n) is 9.95. The Hall–Kier alpha value is -3.75. The fraction of sp³-hybridized carbons (Fsp3) is 0.464. The molecule has 9 heteroatoms. The molecule has 1 aromatic heterocycles. The molecule has 0 saturated carbocycles. The minimum atomic E-state index is -0.627. The van der Waals surface area contributed by atoms with Gasteiger partial charge < -0.3 is 16.8 Å². The molecule has 0 aliphatic carbocycles. The molecule has 0 fully saturated rings. The average molecular weight is 506 g/mol. The number of aromatic nitrogens is 1. The summed E-state index contributed by atoms with van der Waals surface area (Å²) in [6.45, 7) is 0. The summed E-state index contributed by atoms with van der Waals surface area (Å²) >= 11 is 0. The van der Waals surface area contributed by atoms with Crippen LogP contribution in [-0.2, 0) is 38.4 Å². The first-order valence-electron chi connectivity index (χ1n) is 13.1. The molecule has 2 aliphatic rings. The summed E-state index contributed by atoms with van der Waals surface area (Å²) in [5.74, 6) is -1.02. The van der Waals surface area contributed by atoms with E-state index < -0.39 is 18.0 Å². The van der Waals surface area contributed by atoms with E-state index in [0.29, 0.717) is 31.4 Å². The molecule has 5 N–H and O–H groups in total. The van der Waals surface area contributed by atoms with E-state index in [-0.39, 0.29) is 24.1 Å². The first kappa shape index (κ1) is 26.3. The lowest BCUT2D eigenvalue weighted by molar-refractivity contribution is -0.127. The zero-order chi connectivity index (χ0) is 26.4. The number of anilines is 1. The number of nitrogens with zero attached hydrogens (tertiary/aromatic N) is 2. The zero-order valence-corrected chi connectivity index (χ0v) is 21.1. The SMILES string of the molecule is NC(=O)CCCCCc1ccc([C@@H](CCC(N)=O)NC(=O)[C@@H]2Cc3cccc4c3N2C(=O)CCC4)nc1. The topological polar surface area (TPSA) is 148 Å². The third-order valence-corrected chi connectivity index (χ3v) is 7.17. The summed E-state index contributed by atoms with van der Waals surface area (Å²) in [5, 5.41) is 3.06. The number of benzene rings is 1. The molecule has 196 valence electrons. The average Bonchev–Trinajstić information content (AvgIpc) is 3.18. The number of amides is 4. The Balaban J connectivity index is 1.45. The molecule has 0 radical (unpaired) electrons. The van der Waals surface area contributed by atoms with E-state index in [2.05, 4.69) is 10.3 Å².